The zero-order valence-corrected chi connectivity index (χ0v) is 11.8. The van der Waals surface area contributed by atoms with Crippen molar-refractivity contribution in [3.8, 4) is 0 Å². The Morgan fingerprint density at radius 2 is 2.11 bits per heavy atom. The second-order valence-corrected chi connectivity index (χ2v) is 5.32. The summed E-state index contributed by atoms with van der Waals surface area (Å²) in [6.07, 6.45) is 2.68. The fourth-order valence-electron chi connectivity index (χ4n) is 2.02. The highest BCUT2D eigenvalue weighted by Gasteiger charge is 2.23. The Morgan fingerprint density at radius 3 is 2.79 bits per heavy atom. The van der Waals surface area contributed by atoms with E-state index in [0.29, 0.717) is 6.54 Å². The molecule has 1 aromatic carbocycles. The van der Waals surface area contributed by atoms with Crippen LogP contribution in [-0.2, 0) is 6.54 Å². The van der Waals surface area contributed by atoms with Gasteiger partial charge in [0.1, 0.15) is 0 Å². The van der Waals surface area contributed by atoms with Crippen LogP contribution < -0.4 is 10.6 Å². The minimum atomic E-state index is -0.0440. The lowest BCUT2D eigenvalue weighted by Gasteiger charge is -2.12. The van der Waals surface area contributed by atoms with Crippen molar-refractivity contribution in [2.24, 2.45) is 0 Å². The molecule has 0 spiro atoms. The van der Waals surface area contributed by atoms with Crippen molar-refractivity contribution in [2.75, 3.05) is 27.2 Å². The molecule has 4 nitrogen and oxygen atoms in total. The molecule has 2 rings (SSSR count). The van der Waals surface area contributed by atoms with Crippen LogP contribution in [0.5, 0.6) is 0 Å². The van der Waals surface area contributed by atoms with Gasteiger partial charge in [0.05, 0.1) is 0 Å². The van der Waals surface area contributed by atoms with E-state index in [1.807, 2.05) is 0 Å². The first kappa shape index (κ1) is 13.9. The lowest BCUT2D eigenvalue weighted by atomic mass is 10.1. The maximum absolute atomic E-state index is 11.3. The van der Waals surface area contributed by atoms with Crippen LogP contribution >= 0.6 is 0 Å². The van der Waals surface area contributed by atoms with Crippen molar-refractivity contribution < 1.29 is 4.79 Å². The minimum Gasteiger partial charge on any atom is -0.337 e. The van der Waals surface area contributed by atoms with Crippen molar-refractivity contribution in [3.05, 3.63) is 35.4 Å². The molecule has 1 aromatic rings. The number of hydrogen-bond acceptors (Lipinski definition) is 2. The summed E-state index contributed by atoms with van der Waals surface area (Å²) in [6.45, 7) is 2.30. The van der Waals surface area contributed by atoms with Gasteiger partial charge >= 0.3 is 6.03 Å². The highest BCUT2D eigenvalue weighted by molar-refractivity contribution is 5.73. The van der Waals surface area contributed by atoms with Crippen LogP contribution in [0.1, 0.15) is 29.9 Å². The Labute approximate surface area is 115 Å². The van der Waals surface area contributed by atoms with Gasteiger partial charge in [-0.15, -0.1) is 0 Å². The second kappa shape index (κ2) is 6.57. The molecule has 1 aliphatic carbocycles. The summed E-state index contributed by atoms with van der Waals surface area (Å²) in [6, 6.07) is 8.76. The Balaban J connectivity index is 1.65. The predicted molar refractivity (Wildman–Crippen MR) is 77.2 cm³/mol. The maximum Gasteiger partial charge on any atom is 0.316 e. The zero-order chi connectivity index (χ0) is 13.7. The van der Waals surface area contributed by atoms with Crippen molar-refractivity contribution in [1.82, 2.24) is 15.5 Å². The van der Waals surface area contributed by atoms with Gasteiger partial charge in [0.25, 0.3) is 0 Å². The van der Waals surface area contributed by atoms with E-state index in [1.165, 1.54) is 24.0 Å². The lowest BCUT2D eigenvalue weighted by Crippen LogP contribution is -2.38. The molecule has 2 amide bonds. The summed E-state index contributed by atoms with van der Waals surface area (Å²) < 4.78 is 0. The van der Waals surface area contributed by atoms with Crippen LogP contribution in [0.15, 0.2) is 24.3 Å². The number of amides is 2. The first-order chi connectivity index (χ1) is 9.16. The normalized spacial score (nSPS) is 14.2. The Bertz CT molecular complexity index is 427. The van der Waals surface area contributed by atoms with E-state index < -0.39 is 0 Å². The molecule has 1 fully saturated rings. The highest BCUT2D eigenvalue weighted by atomic mass is 16.2. The molecule has 0 aromatic heterocycles. The van der Waals surface area contributed by atoms with Crippen LogP contribution in [0.3, 0.4) is 0 Å². The van der Waals surface area contributed by atoms with E-state index >= 15 is 0 Å². The molecule has 0 heterocycles. The van der Waals surface area contributed by atoms with E-state index in [2.05, 4.69) is 34.9 Å². The number of benzene rings is 1. The summed E-state index contributed by atoms with van der Waals surface area (Å²) in [4.78, 5) is 12.8. The first-order valence-corrected chi connectivity index (χ1v) is 6.91. The van der Waals surface area contributed by atoms with Crippen molar-refractivity contribution >= 4 is 6.03 Å². The predicted octanol–water partition coefficient (Wildman–Crippen LogP) is 1.92. The number of nitrogens with zero attached hydrogens (tertiary/aromatic N) is 1. The average molecular weight is 261 g/mol. The van der Waals surface area contributed by atoms with Gasteiger partial charge in [0, 0.05) is 33.7 Å². The van der Waals surface area contributed by atoms with Crippen LogP contribution in [0.2, 0.25) is 0 Å². The third-order valence-electron chi connectivity index (χ3n) is 3.31. The summed E-state index contributed by atoms with van der Waals surface area (Å²) in [7, 11) is 3.48. The van der Waals surface area contributed by atoms with Gasteiger partial charge in [-0.2, -0.15) is 0 Å². The molecule has 0 unspecified atom stereocenters. The number of nitrogens with one attached hydrogen (secondary N) is 2. The first-order valence-electron chi connectivity index (χ1n) is 6.91. The van der Waals surface area contributed by atoms with Crippen LogP contribution in [0, 0.1) is 0 Å². The molecule has 0 radical (unpaired) electrons. The molecule has 2 N–H and O–H groups in total. The summed E-state index contributed by atoms with van der Waals surface area (Å²) in [5.41, 5.74) is 2.79. The third kappa shape index (κ3) is 4.56. The van der Waals surface area contributed by atoms with Gasteiger partial charge in [0.15, 0.2) is 0 Å². The Hall–Kier alpha value is -1.55. The summed E-state index contributed by atoms with van der Waals surface area (Å²) >= 11 is 0. The van der Waals surface area contributed by atoms with E-state index in [9.17, 15) is 4.79 Å². The van der Waals surface area contributed by atoms with Crippen molar-refractivity contribution in [1.29, 1.82) is 0 Å². The molecule has 104 valence electrons. The molecule has 19 heavy (non-hydrogen) atoms. The molecular weight excluding hydrogens is 238 g/mol. The molecule has 1 aliphatic rings. The molecule has 0 saturated heterocycles. The van der Waals surface area contributed by atoms with Crippen molar-refractivity contribution in [2.45, 2.75) is 25.3 Å². The monoisotopic (exact) mass is 261 g/mol. The van der Waals surface area contributed by atoms with Gasteiger partial charge in [-0.3, -0.25) is 0 Å². The quantitative estimate of drug-likeness (QED) is 0.769. The number of urea groups is 1. The van der Waals surface area contributed by atoms with Crippen LogP contribution in [0.25, 0.3) is 0 Å². The Morgan fingerprint density at radius 1 is 1.32 bits per heavy atom. The molecule has 0 aliphatic heterocycles. The fraction of sp³-hybridized carbons (Fsp3) is 0.533. The van der Waals surface area contributed by atoms with E-state index in [-0.39, 0.29) is 6.03 Å². The molecule has 0 bridgehead atoms. The topological polar surface area (TPSA) is 44.4 Å². The number of carbonyl (C=O) groups excluding carboxylic acids is 1. The molecule has 1 saturated carbocycles. The number of rotatable bonds is 6. The largest absolute Gasteiger partial charge is 0.337 e. The van der Waals surface area contributed by atoms with Crippen molar-refractivity contribution in [3.63, 3.8) is 0 Å². The smallest absolute Gasteiger partial charge is 0.316 e. The number of carbonyl (C=O) groups is 1. The molecular formula is C15H23N3O. The van der Waals surface area contributed by atoms with E-state index in [1.54, 1.807) is 19.0 Å². The van der Waals surface area contributed by atoms with Crippen LogP contribution in [-0.4, -0.2) is 38.1 Å². The van der Waals surface area contributed by atoms with Gasteiger partial charge in [0.2, 0.25) is 0 Å². The zero-order valence-electron chi connectivity index (χ0n) is 11.8. The van der Waals surface area contributed by atoms with Gasteiger partial charge in [-0.25, -0.2) is 4.79 Å². The standard InChI is InChI=1S/C15H23N3O/c1-18(2)15(19)17-9-8-16-11-12-4-3-5-14(10-12)13-6-7-13/h3-5,10,13,16H,6-9,11H2,1-2H3,(H,17,19). The molecule has 0 atom stereocenters. The van der Waals surface area contributed by atoms with E-state index in [4.69, 9.17) is 0 Å². The minimum absolute atomic E-state index is 0.0440. The van der Waals surface area contributed by atoms with Crippen LogP contribution in [0.4, 0.5) is 4.79 Å². The fourth-order valence-corrected chi connectivity index (χ4v) is 2.02. The van der Waals surface area contributed by atoms with Gasteiger partial charge in [-0.05, 0) is 29.9 Å². The lowest BCUT2D eigenvalue weighted by molar-refractivity contribution is 0.217. The van der Waals surface area contributed by atoms with E-state index in [0.717, 1.165) is 19.0 Å². The second-order valence-electron chi connectivity index (χ2n) is 5.32. The maximum atomic E-state index is 11.3. The Kier molecular flexibility index (Phi) is 4.80. The average Bonchev–Trinajstić information content (AvgIpc) is 3.22. The van der Waals surface area contributed by atoms with Gasteiger partial charge in [-0.1, -0.05) is 24.3 Å². The van der Waals surface area contributed by atoms with Gasteiger partial charge < -0.3 is 15.5 Å². The number of hydrogen-bond donors (Lipinski definition) is 2. The molecule has 4 heteroatoms. The SMILES string of the molecule is CN(C)C(=O)NCCNCc1cccc(C2CC2)c1. The highest BCUT2D eigenvalue weighted by Crippen LogP contribution is 2.40. The summed E-state index contributed by atoms with van der Waals surface area (Å²) in [5, 5.41) is 6.18. The third-order valence-corrected chi connectivity index (χ3v) is 3.31. The summed E-state index contributed by atoms with van der Waals surface area (Å²) in [5.74, 6) is 0.805.